The van der Waals surface area contributed by atoms with E-state index in [0.29, 0.717) is 5.92 Å². The van der Waals surface area contributed by atoms with Crippen LogP contribution in [0.3, 0.4) is 0 Å². The lowest BCUT2D eigenvalue weighted by atomic mass is 9.75. The molecule has 0 N–H and O–H groups in total. The number of fused-ring (bicyclic) bond motifs is 2. The number of rotatable bonds is 2. The van der Waals surface area contributed by atoms with E-state index in [4.69, 9.17) is 4.74 Å². The van der Waals surface area contributed by atoms with Crippen molar-refractivity contribution in [2.45, 2.75) is 58.2 Å². The zero-order chi connectivity index (χ0) is 12.8. The van der Waals surface area contributed by atoms with Crippen molar-refractivity contribution in [2.24, 2.45) is 11.8 Å². The minimum Gasteiger partial charge on any atom is -0.368 e. The average molecular weight is 239 g/mol. The van der Waals surface area contributed by atoms with Crippen LogP contribution in [0.1, 0.15) is 47.0 Å². The maximum atomic E-state index is 12.5. The van der Waals surface area contributed by atoms with Gasteiger partial charge in [-0.1, -0.05) is 20.3 Å². The Labute approximate surface area is 105 Å². The summed E-state index contributed by atoms with van der Waals surface area (Å²) in [4.78, 5) is 14.4. The van der Waals surface area contributed by atoms with Gasteiger partial charge in [0.1, 0.15) is 0 Å². The molecule has 3 nitrogen and oxygen atoms in total. The highest BCUT2D eigenvalue weighted by Gasteiger charge is 2.60. The van der Waals surface area contributed by atoms with Crippen LogP contribution in [0.2, 0.25) is 0 Å². The molecule has 2 saturated heterocycles. The van der Waals surface area contributed by atoms with Crippen LogP contribution in [-0.4, -0.2) is 35.6 Å². The van der Waals surface area contributed by atoms with Gasteiger partial charge in [0.05, 0.1) is 17.1 Å². The third kappa shape index (κ3) is 1.79. The topological polar surface area (TPSA) is 29.5 Å². The fourth-order valence-corrected chi connectivity index (χ4v) is 3.76. The summed E-state index contributed by atoms with van der Waals surface area (Å²) in [5.74, 6) is 0.617. The first-order chi connectivity index (χ1) is 7.84. The molecule has 3 heteroatoms. The molecule has 0 aromatic carbocycles. The van der Waals surface area contributed by atoms with Gasteiger partial charge in [0.2, 0.25) is 5.91 Å². The standard InChI is InChI=1S/C14H25NO2/c1-6-7-14(4)11-10(2)13(3,17-14)8-9-15(5)12(11)16/h10-11H,6-9H2,1-5H3/t10?,11-,13?,14?/m1/s1. The third-order valence-electron chi connectivity index (χ3n) is 4.92. The minimum atomic E-state index is -0.269. The largest absolute Gasteiger partial charge is 0.368 e. The number of nitrogens with zero attached hydrogens (tertiary/aromatic N) is 1. The second-order valence-corrected chi connectivity index (χ2v) is 6.25. The Morgan fingerprint density at radius 2 is 2.12 bits per heavy atom. The van der Waals surface area contributed by atoms with Gasteiger partial charge < -0.3 is 9.64 Å². The van der Waals surface area contributed by atoms with E-state index in [2.05, 4.69) is 27.7 Å². The molecule has 2 rings (SSSR count). The van der Waals surface area contributed by atoms with Gasteiger partial charge in [-0.05, 0) is 32.6 Å². The van der Waals surface area contributed by atoms with Gasteiger partial charge in [-0.3, -0.25) is 4.79 Å². The fraction of sp³-hybridized carbons (Fsp3) is 0.929. The van der Waals surface area contributed by atoms with Gasteiger partial charge in [-0.25, -0.2) is 0 Å². The zero-order valence-corrected chi connectivity index (χ0v) is 11.7. The maximum Gasteiger partial charge on any atom is 0.228 e. The summed E-state index contributed by atoms with van der Waals surface area (Å²) in [6, 6.07) is 0. The van der Waals surface area contributed by atoms with Crippen molar-refractivity contribution in [3.05, 3.63) is 0 Å². The van der Waals surface area contributed by atoms with Crippen LogP contribution in [0.4, 0.5) is 0 Å². The second kappa shape index (κ2) is 3.98. The van der Waals surface area contributed by atoms with E-state index < -0.39 is 0 Å². The quantitative estimate of drug-likeness (QED) is 0.741. The molecule has 4 atom stereocenters. The molecule has 2 fully saturated rings. The molecule has 0 aliphatic carbocycles. The van der Waals surface area contributed by atoms with E-state index >= 15 is 0 Å². The number of amides is 1. The summed E-state index contributed by atoms with van der Waals surface area (Å²) in [5.41, 5.74) is -0.399. The second-order valence-electron chi connectivity index (χ2n) is 6.25. The number of likely N-dealkylation sites (tertiary alicyclic amines) is 1. The first-order valence-electron chi connectivity index (χ1n) is 6.79. The molecule has 17 heavy (non-hydrogen) atoms. The lowest BCUT2D eigenvalue weighted by Gasteiger charge is -2.36. The van der Waals surface area contributed by atoms with Crippen LogP contribution < -0.4 is 0 Å². The van der Waals surface area contributed by atoms with E-state index in [1.807, 2.05) is 11.9 Å². The first kappa shape index (κ1) is 12.9. The average Bonchev–Trinajstić information content (AvgIpc) is 2.38. The summed E-state index contributed by atoms with van der Waals surface area (Å²) in [5, 5.41) is 0. The molecular weight excluding hydrogens is 214 g/mol. The van der Waals surface area contributed by atoms with E-state index in [-0.39, 0.29) is 23.0 Å². The Balaban J connectivity index is 2.40. The van der Waals surface area contributed by atoms with Crippen molar-refractivity contribution in [1.29, 1.82) is 0 Å². The molecule has 2 heterocycles. The Morgan fingerprint density at radius 3 is 2.71 bits per heavy atom. The first-order valence-corrected chi connectivity index (χ1v) is 6.79. The Morgan fingerprint density at radius 1 is 1.47 bits per heavy atom. The number of carbonyl (C=O) groups excluding carboxylic acids is 1. The van der Waals surface area contributed by atoms with Crippen LogP contribution in [0, 0.1) is 11.8 Å². The lowest BCUT2D eigenvalue weighted by molar-refractivity contribution is -0.150. The molecule has 2 aliphatic heterocycles. The number of hydrogen-bond donors (Lipinski definition) is 0. The summed E-state index contributed by atoms with van der Waals surface area (Å²) in [6.45, 7) is 9.46. The third-order valence-corrected chi connectivity index (χ3v) is 4.92. The van der Waals surface area contributed by atoms with Gasteiger partial charge in [0.25, 0.3) is 0 Å². The Hall–Kier alpha value is -0.570. The summed E-state index contributed by atoms with van der Waals surface area (Å²) in [7, 11) is 1.92. The Kier molecular flexibility index (Phi) is 3.01. The zero-order valence-electron chi connectivity index (χ0n) is 11.7. The molecule has 2 bridgehead atoms. The number of carbonyl (C=O) groups is 1. The van der Waals surface area contributed by atoms with E-state index in [1.165, 1.54) is 0 Å². The molecule has 0 aromatic rings. The normalized spacial score (nSPS) is 46.2. The molecule has 0 radical (unpaired) electrons. The number of hydrogen-bond acceptors (Lipinski definition) is 2. The predicted octanol–water partition coefficient (Wildman–Crippen LogP) is 2.45. The van der Waals surface area contributed by atoms with Crippen molar-refractivity contribution < 1.29 is 9.53 Å². The summed E-state index contributed by atoms with van der Waals surface area (Å²) < 4.78 is 6.36. The SMILES string of the molecule is CCCC1(C)OC2(C)CCN(C)C(=O)[C@H]1C2C. The van der Waals surface area contributed by atoms with Crippen LogP contribution in [-0.2, 0) is 9.53 Å². The monoisotopic (exact) mass is 239 g/mol. The summed E-state index contributed by atoms with van der Waals surface area (Å²) in [6.07, 6.45) is 2.98. The number of ether oxygens (including phenoxy) is 1. The van der Waals surface area contributed by atoms with Crippen molar-refractivity contribution in [2.75, 3.05) is 13.6 Å². The van der Waals surface area contributed by atoms with Crippen LogP contribution in [0.5, 0.6) is 0 Å². The Bertz CT molecular complexity index is 330. The highest BCUT2D eigenvalue weighted by Crippen LogP contribution is 2.52. The molecule has 3 unspecified atom stereocenters. The van der Waals surface area contributed by atoms with Crippen LogP contribution in [0.25, 0.3) is 0 Å². The van der Waals surface area contributed by atoms with Gasteiger partial charge in [0.15, 0.2) is 0 Å². The van der Waals surface area contributed by atoms with Crippen molar-refractivity contribution in [1.82, 2.24) is 4.90 Å². The highest BCUT2D eigenvalue weighted by molar-refractivity contribution is 5.81. The van der Waals surface area contributed by atoms with Gasteiger partial charge in [-0.2, -0.15) is 0 Å². The summed E-state index contributed by atoms with van der Waals surface area (Å²) >= 11 is 0. The lowest BCUT2D eigenvalue weighted by Crippen LogP contribution is -2.45. The van der Waals surface area contributed by atoms with Crippen LogP contribution >= 0.6 is 0 Å². The minimum absolute atomic E-state index is 0.0277. The molecule has 0 spiro atoms. The van der Waals surface area contributed by atoms with E-state index in [9.17, 15) is 4.79 Å². The van der Waals surface area contributed by atoms with Gasteiger partial charge >= 0.3 is 0 Å². The fourth-order valence-electron chi connectivity index (χ4n) is 3.76. The van der Waals surface area contributed by atoms with Crippen molar-refractivity contribution in [3.63, 3.8) is 0 Å². The van der Waals surface area contributed by atoms with E-state index in [1.54, 1.807) is 0 Å². The highest BCUT2D eigenvalue weighted by atomic mass is 16.5. The van der Waals surface area contributed by atoms with Gasteiger partial charge in [-0.15, -0.1) is 0 Å². The predicted molar refractivity (Wildman–Crippen MR) is 67.7 cm³/mol. The molecule has 0 saturated carbocycles. The maximum absolute atomic E-state index is 12.5. The molecular formula is C14H25NO2. The van der Waals surface area contributed by atoms with Crippen molar-refractivity contribution in [3.8, 4) is 0 Å². The molecule has 0 aromatic heterocycles. The van der Waals surface area contributed by atoms with Crippen LogP contribution in [0.15, 0.2) is 0 Å². The molecule has 98 valence electrons. The molecule has 1 amide bonds. The molecule has 2 aliphatic rings. The van der Waals surface area contributed by atoms with E-state index in [0.717, 1.165) is 25.8 Å². The van der Waals surface area contributed by atoms with Crippen molar-refractivity contribution >= 4 is 5.91 Å². The smallest absolute Gasteiger partial charge is 0.228 e. The van der Waals surface area contributed by atoms with Gasteiger partial charge in [0, 0.05) is 13.6 Å².